The van der Waals surface area contributed by atoms with Crippen molar-refractivity contribution in [1.29, 1.82) is 0 Å². The molecule has 2 aliphatic rings. The van der Waals surface area contributed by atoms with Crippen molar-refractivity contribution in [3.63, 3.8) is 0 Å². The van der Waals surface area contributed by atoms with Crippen molar-refractivity contribution >= 4 is 11.8 Å². The van der Waals surface area contributed by atoms with Gasteiger partial charge in [0.1, 0.15) is 0 Å². The van der Waals surface area contributed by atoms with Crippen LogP contribution in [0.3, 0.4) is 0 Å². The van der Waals surface area contributed by atoms with Crippen molar-refractivity contribution < 1.29 is 9.59 Å². The van der Waals surface area contributed by atoms with Crippen LogP contribution in [0, 0.1) is 5.92 Å². The first-order valence-electron chi connectivity index (χ1n) is 8.75. The summed E-state index contributed by atoms with van der Waals surface area (Å²) < 4.78 is 0. The Balaban J connectivity index is 1.97. The van der Waals surface area contributed by atoms with Crippen LogP contribution in [-0.4, -0.2) is 47.3 Å². The standard InChI is InChI=1S/C17H30N2O2/c1-3-16(20)18-12-8-9-14(13-18)17(21)19(4-2)15-10-6-5-7-11-15/h14-15H,3-13H2,1-2H3. The molecule has 1 saturated heterocycles. The molecule has 0 radical (unpaired) electrons. The number of piperidine rings is 1. The predicted molar refractivity (Wildman–Crippen MR) is 83.9 cm³/mol. The van der Waals surface area contributed by atoms with Gasteiger partial charge in [0.05, 0.1) is 5.92 Å². The Labute approximate surface area is 128 Å². The van der Waals surface area contributed by atoms with Gasteiger partial charge in [-0.05, 0) is 32.6 Å². The Bertz CT molecular complexity index is 364. The van der Waals surface area contributed by atoms with E-state index in [0.717, 1.165) is 38.8 Å². The molecule has 1 aliphatic heterocycles. The fourth-order valence-electron chi connectivity index (χ4n) is 3.85. The molecule has 1 heterocycles. The maximum Gasteiger partial charge on any atom is 0.227 e. The Morgan fingerprint density at radius 3 is 2.38 bits per heavy atom. The van der Waals surface area contributed by atoms with Crippen molar-refractivity contribution in [1.82, 2.24) is 9.80 Å². The average Bonchev–Trinajstić information content (AvgIpc) is 2.55. The number of hydrogen-bond acceptors (Lipinski definition) is 2. The fourth-order valence-corrected chi connectivity index (χ4v) is 3.85. The summed E-state index contributed by atoms with van der Waals surface area (Å²) in [6, 6.07) is 0.438. The van der Waals surface area contributed by atoms with Crippen LogP contribution >= 0.6 is 0 Å². The smallest absolute Gasteiger partial charge is 0.227 e. The minimum atomic E-state index is 0.0242. The summed E-state index contributed by atoms with van der Waals surface area (Å²) in [5, 5.41) is 0. The van der Waals surface area contributed by atoms with Gasteiger partial charge in [0.25, 0.3) is 0 Å². The first-order valence-corrected chi connectivity index (χ1v) is 8.75. The molecule has 4 heteroatoms. The molecule has 0 spiro atoms. The molecule has 1 saturated carbocycles. The lowest BCUT2D eigenvalue weighted by Crippen LogP contribution is -2.49. The highest BCUT2D eigenvalue weighted by Gasteiger charge is 2.33. The van der Waals surface area contributed by atoms with Gasteiger partial charge >= 0.3 is 0 Å². The van der Waals surface area contributed by atoms with E-state index in [2.05, 4.69) is 11.8 Å². The number of nitrogens with zero attached hydrogens (tertiary/aromatic N) is 2. The van der Waals surface area contributed by atoms with Crippen molar-refractivity contribution in [2.24, 2.45) is 5.92 Å². The van der Waals surface area contributed by atoms with Crippen LogP contribution in [-0.2, 0) is 9.59 Å². The van der Waals surface area contributed by atoms with E-state index in [1.807, 2.05) is 11.8 Å². The monoisotopic (exact) mass is 294 g/mol. The van der Waals surface area contributed by atoms with Crippen LogP contribution in [0.25, 0.3) is 0 Å². The van der Waals surface area contributed by atoms with Crippen LogP contribution in [0.1, 0.15) is 65.2 Å². The molecule has 0 aromatic heterocycles. The number of amides is 2. The predicted octanol–water partition coefficient (Wildman–Crippen LogP) is 2.82. The van der Waals surface area contributed by atoms with Crippen LogP contribution in [0.2, 0.25) is 0 Å². The molecule has 0 aromatic rings. The van der Waals surface area contributed by atoms with Crippen LogP contribution in [0.5, 0.6) is 0 Å². The quantitative estimate of drug-likeness (QED) is 0.800. The summed E-state index contributed by atoms with van der Waals surface area (Å²) in [5.74, 6) is 0.502. The van der Waals surface area contributed by atoms with E-state index in [0.29, 0.717) is 19.0 Å². The molecule has 0 bridgehead atoms. The second-order valence-electron chi connectivity index (χ2n) is 6.45. The van der Waals surface area contributed by atoms with Gasteiger partial charge in [-0.25, -0.2) is 0 Å². The van der Waals surface area contributed by atoms with Crippen molar-refractivity contribution in [2.75, 3.05) is 19.6 Å². The average molecular weight is 294 g/mol. The fraction of sp³-hybridized carbons (Fsp3) is 0.882. The maximum absolute atomic E-state index is 12.9. The Hall–Kier alpha value is -1.06. The van der Waals surface area contributed by atoms with Crippen LogP contribution in [0.15, 0.2) is 0 Å². The lowest BCUT2D eigenvalue weighted by atomic mass is 9.91. The van der Waals surface area contributed by atoms with E-state index in [-0.39, 0.29) is 17.7 Å². The minimum Gasteiger partial charge on any atom is -0.342 e. The summed E-state index contributed by atoms with van der Waals surface area (Å²) in [7, 11) is 0. The molecule has 4 nitrogen and oxygen atoms in total. The molecule has 1 aliphatic carbocycles. The number of carbonyl (C=O) groups excluding carboxylic acids is 2. The molecule has 2 amide bonds. The molecule has 21 heavy (non-hydrogen) atoms. The van der Waals surface area contributed by atoms with Gasteiger partial charge in [-0.1, -0.05) is 26.2 Å². The summed E-state index contributed by atoms with van der Waals surface area (Å²) in [6.07, 6.45) is 8.57. The molecule has 2 fully saturated rings. The zero-order valence-electron chi connectivity index (χ0n) is 13.6. The first-order chi connectivity index (χ1) is 10.2. The second-order valence-corrected chi connectivity index (χ2v) is 6.45. The molecule has 1 atom stereocenters. The third-order valence-electron chi connectivity index (χ3n) is 5.07. The lowest BCUT2D eigenvalue weighted by molar-refractivity contribution is -0.142. The third-order valence-corrected chi connectivity index (χ3v) is 5.07. The number of rotatable bonds is 4. The molecular weight excluding hydrogens is 264 g/mol. The Morgan fingerprint density at radius 2 is 1.76 bits per heavy atom. The van der Waals surface area contributed by atoms with E-state index in [1.165, 1.54) is 19.3 Å². The zero-order valence-corrected chi connectivity index (χ0v) is 13.6. The third kappa shape index (κ3) is 3.98. The molecule has 0 N–H and O–H groups in total. The SMILES string of the molecule is CCC(=O)N1CCCC(C(=O)N(CC)C2CCCCC2)C1. The van der Waals surface area contributed by atoms with Crippen LogP contribution in [0.4, 0.5) is 0 Å². The molecule has 2 rings (SSSR count). The Kier molecular flexibility index (Phi) is 6.07. The second kappa shape index (κ2) is 7.81. The van der Waals surface area contributed by atoms with Gasteiger partial charge in [-0.2, -0.15) is 0 Å². The zero-order chi connectivity index (χ0) is 15.2. The number of carbonyl (C=O) groups is 2. The van der Waals surface area contributed by atoms with Gasteiger partial charge < -0.3 is 9.80 Å². The lowest BCUT2D eigenvalue weighted by Gasteiger charge is -2.39. The van der Waals surface area contributed by atoms with E-state index in [9.17, 15) is 9.59 Å². The molecule has 120 valence electrons. The topological polar surface area (TPSA) is 40.6 Å². The largest absolute Gasteiger partial charge is 0.342 e. The maximum atomic E-state index is 12.9. The van der Waals surface area contributed by atoms with E-state index in [4.69, 9.17) is 0 Å². The molecule has 1 unspecified atom stereocenters. The highest BCUT2D eigenvalue weighted by atomic mass is 16.2. The number of likely N-dealkylation sites (tertiary alicyclic amines) is 1. The van der Waals surface area contributed by atoms with Crippen molar-refractivity contribution in [3.8, 4) is 0 Å². The van der Waals surface area contributed by atoms with Gasteiger partial charge in [0.2, 0.25) is 11.8 Å². The number of hydrogen-bond donors (Lipinski definition) is 0. The summed E-state index contributed by atoms with van der Waals surface area (Å²) in [6.45, 7) is 6.25. The summed E-state index contributed by atoms with van der Waals surface area (Å²) in [5.41, 5.74) is 0. The van der Waals surface area contributed by atoms with E-state index < -0.39 is 0 Å². The summed E-state index contributed by atoms with van der Waals surface area (Å²) in [4.78, 5) is 28.7. The highest BCUT2D eigenvalue weighted by Crippen LogP contribution is 2.26. The van der Waals surface area contributed by atoms with Gasteiger partial charge in [-0.3, -0.25) is 9.59 Å². The van der Waals surface area contributed by atoms with Crippen LogP contribution < -0.4 is 0 Å². The van der Waals surface area contributed by atoms with Crippen molar-refractivity contribution in [3.05, 3.63) is 0 Å². The minimum absolute atomic E-state index is 0.0242. The molecular formula is C17H30N2O2. The normalized spacial score (nSPS) is 23.9. The summed E-state index contributed by atoms with van der Waals surface area (Å²) >= 11 is 0. The van der Waals surface area contributed by atoms with E-state index in [1.54, 1.807) is 0 Å². The first kappa shape index (κ1) is 16.3. The Morgan fingerprint density at radius 1 is 1.05 bits per heavy atom. The van der Waals surface area contributed by atoms with Crippen molar-refractivity contribution in [2.45, 2.75) is 71.3 Å². The van der Waals surface area contributed by atoms with Gasteiger partial charge in [0.15, 0.2) is 0 Å². The highest BCUT2D eigenvalue weighted by molar-refractivity contribution is 5.81. The van der Waals surface area contributed by atoms with Gasteiger partial charge in [0, 0.05) is 32.1 Å². The van der Waals surface area contributed by atoms with Gasteiger partial charge in [-0.15, -0.1) is 0 Å². The molecule has 0 aromatic carbocycles. The van der Waals surface area contributed by atoms with E-state index >= 15 is 0 Å².